The van der Waals surface area contributed by atoms with Crippen molar-refractivity contribution >= 4 is 46.5 Å². The second kappa shape index (κ2) is 7.06. The van der Waals surface area contributed by atoms with Gasteiger partial charge in [0.15, 0.2) is 0 Å². The van der Waals surface area contributed by atoms with Crippen molar-refractivity contribution in [2.75, 3.05) is 10.6 Å². The molecule has 0 bridgehead atoms. The summed E-state index contributed by atoms with van der Waals surface area (Å²) in [6.07, 6.45) is -0.0209. The molecule has 6 nitrogen and oxygen atoms in total. The highest BCUT2D eigenvalue weighted by Gasteiger charge is 2.32. The molecule has 0 radical (unpaired) electrons. The van der Waals surface area contributed by atoms with Crippen molar-refractivity contribution in [3.05, 3.63) is 64.6 Å². The maximum atomic E-state index is 12.8. The lowest BCUT2D eigenvalue weighted by Gasteiger charge is -2.23. The van der Waals surface area contributed by atoms with Gasteiger partial charge in [-0.15, -0.1) is 0 Å². The van der Waals surface area contributed by atoms with E-state index < -0.39 is 11.9 Å². The van der Waals surface area contributed by atoms with Crippen molar-refractivity contribution in [2.45, 2.75) is 12.5 Å². The molecule has 2 heterocycles. The van der Waals surface area contributed by atoms with Crippen molar-refractivity contribution in [1.82, 2.24) is 9.78 Å². The minimum atomic E-state index is -0.790. The van der Waals surface area contributed by atoms with Gasteiger partial charge in [0, 0.05) is 11.6 Å². The Morgan fingerprint density at radius 1 is 1.15 bits per heavy atom. The molecule has 1 atom stereocenters. The summed E-state index contributed by atoms with van der Waals surface area (Å²) in [5.74, 6) is -0.167. The molecule has 136 valence electrons. The molecule has 2 aromatic carbocycles. The highest BCUT2D eigenvalue weighted by molar-refractivity contribution is 6.44. The lowest BCUT2D eigenvalue weighted by Crippen LogP contribution is -2.35. The number of nitrogens with zero attached hydrogens (tertiary/aromatic N) is 2. The van der Waals surface area contributed by atoms with Crippen molar-refractivity contribution < 1.29 is 9.59 Å². The first-order valence-corrected chi connectivity index (χ1v) is 8.98. The van der Waals surface area contributed by atoms with E-state index in [1.807, 2.05) is 30.3 Å². The molecule has 0 fully saturated rings. The van der Waals surface area contributed by atoms with Gasteiger partial charge in [-0.1, -0.05) is 59.6 Å². The fourth-order valence-corrected chi connectivity index (χ4v) is 3.30. The maximum Gasteiger partial charge on any atom is 0.249 e. The summed E-state index contributed by atoms with van der Waals surface area (Å²) in [7, 11) is 0. The van der Waals surface area contributed by atoms with Gasteiger partial charge < -0.3 is 10.6 Å². The molecule has 3 aromatic rings. The van der Waals surface area contributed by atoms with Crippen LogP contribution in [0.4, 0.5) is 11.5 Å². The molecule has 0 spiro atoms. The topological polar surface area (TPSA) is 76.0 Å². The first-order valence-electron chi connectivity index (χ1n) is 8.22. The molecule has 4 rings (SSSR count). The van der Waals surface area contributed by atoms with Gasteiger partial charge in [0.25, 0.3) is 0 Å². The molecular formula is C19H14Cl2N4O2. The van der Waals surface area contributed by atoms with Crippen LogP contribution < -0.4 is 10.6 Å². The van der Waals surface area contributed by atoms with Crippen LogP contribution in [0.5, 0.6) is 0 Å². The minimum absolute atomic E-state index is 0.0209. The Morgan fingerprint density at radius 3 is 2.70 bits per heavy atom. The molecule has 1 unspecified atom stereocenters. The molecule has 0 saturated heterocycles. The van der Waals surface area contributed by atoms with Crippen LogP contribution in [0, 0.1) is 0 Å². The van der Waals surface area contributed by atoms with E-state index in [4.69, 9.17) is 23.2 Å². The Morgan fingerprint density at radius 2 is 1.93 bits per heavy atom. The van der Waals surface area contributed by atoms with E-state index in [1.54, 1.807) is 24.3 Å². The minimum Gasteiger partial charge on any atom is -0.323 e. The van der Waals surface area contributed by atoms with Gasteiger partial charge in [-0.05, 0) is 12.1 Å². The summed E-state index contributed by atoms with van der Waals surface area (Å²) in [6, 6.07) is 15.5. The number of carbonyl (C=O) groups excluding carboxylic acids is 2. The number of rotatable bonds is 3. The number of halogens is 2. The van der Waals surface area contributed by atoms with Gasteiger partial charge in [0.2, 0.25) is 11.8 Å². The Kier molecular flexibility index (Phi) is 4.59. The molecule has 27 heavy (non-hydrogen) atoms. The molecule has 1 aliphatic heterocycles. The Hall–Kier alpha value is -2.83. The first kappa shape index (κ1) is 17.6. The predicted molar refractivity (Wildman–Crippen MR) is 105 cm³/mol. The highest BCUT2D eigenvalue weighted by atomic mass is 35.5. The third-order valence-electron chi connectivity index (χ3n) is 4.26. The monoisotopic (exact) mass is 400 g/mol. The van der Waals surface area contributed by atoms with Crippen molar-refractivity contribution in [3.63, 3.8) is 0 Å². The van der Waals surface area contributed by atoms with E-state index in [0.717, 1.165) is 5.56 Å². The largest absolute Gasteiger partial charge is 0.323 e. The number of amides is 2. The number of fused-ring (bicyclic) bond motifs is 1. The lowest BCUT2D eigenvalue weighted by atomic mass is 10.1. The van der Waals surface area contributed by atoms with E-state index in [0.29, 0.717) is 22.2 Å². The van der Waals surface area contributed by atoms with Gasteiger partial charge >= 0.3 is 0 Å². The molecular weight excluding hydrogens is 387 g/mol. The zero-order valence-electron chi connectivity index (χ0n) is 13.9. The van der Waals surface area contributed by atoms with E-state index in [-0.39, 0.29) is 17.4 Å². The number of benzene rings is 2. The zero-order chi connectivity index (χ0) is 19.0. The number of hydrogen-bond donors (Lipinski definition) is 2. The average Bonchev–Trinajstić information content (AvgIpc) is 3.09. The Balaban J connectivity index is 1.66. The molecule has 2 amide bonds. The lowest BCUT2D eigenvalue weighted by molar-refractivity contribution is -0.125. The zero-order valence-corrected chi connectivity index (χ0v) is 15.5. The Bertz CT molecular complexity index is 1030. The van der Waals surface area contributed by atoms with Crippen LogP contribution in [-0.2, 0) is 9.59 Å². The number of nitrogens with one attached hydrogen (secondary N) is 2. The van der Waals surface area contributed by atoms with Crippen LogP contribution in [0.3, 0.4) is 0 Å². The highest BCUT2D eigenvalue weighted by Crippen LogP contribution is 2.33. The van der Waals surface area contributed by atoms with Crippen molar-refractivity contribution in [2.24, 2.45) is 0 Å². The van der Waals surface area contributed by atoms with Crippen molar-refractivity contribution in [3.8, 4) is 11.3 Å². The summed E-state index contributed by atoms with van der Waals surface area (Å²) in [4.78, 5) is 24.9. The fraction of sp³-hybridized carbons (Fsp3) is 0.105. The van der Waals surface area contributed by atoms with E-state index in [1.165, 1.54) is 4.68 Å². The van der Waals surface area contributed by atoms with Gasteiger partial charge in [0.05, 0.1) is 27.8 Å². The van der Waals surface area contributed by atoms with E-state index in [2.05, 4.69) is 15.7 Å². The van der Waals surface area contributed by atoms with Crippen LogP contribution in [0.1, 0.15) is 12.5 Å². The molecule has 1 aliphatic rings. The Labute approximate surface area is 165 Å². The normalized spacial score (nSPS) is 15.8. The smallest absolute Gasteiger partial charge is 0.249 e. The van der Waals surface area contributed by atoms with Crippen LogP contribution in [0.25, 0.3) is 11.3 Å². The quantitative estimate of drug-likeness (QED) is 0.684. The van der Waals surface area contributed by atoms with E-state index >= 15 is 0 Å². The van der Waals surface area contributed by atoms with E-state index in [9.17, 15) is 9.59 Å². The van der Waals surface area contributed by atoms with Crippen LogP contribution in [-0.4, -0.2) is 21.6 Å². The second-order valence-corrected chi connectivity index (χ2v) is 6.87. The molecule has 0 saturated carbocycles. The van der Waals surface area contributed by atoms with Gasteiger partial charge in [-0.3, -0.25) is 9.59 Å². The molecule has 2 N–H and O–H groups in total. The van der Waals surface area contributed by atoms with Gasteiger partial charge in [-0.25, -0.2) is 4.68 Å². The van der Waals surface area contributed by atoms with Crippen LogP contribution >= 0.6 is 23.2 Å². The molecule has 8 heteroatoms. The van der Waals surface area contributed by atoms with Gasteiger partial charge in [-0.2, -0.15) is 5.10 Å². The summed E-state index contributed by atoms with van der Waals surface area (Å²) in [5.41, 5.74) is 1.95. The standard InChI is InChI=1S/C19H14Cl2N4O2/c20-12-7-4-8-13(18(12)21)22-19(27)15-10-17(26)23-16-9-14(24-25(15)16)11-5-2-1-3-6-11/h1-9,15H,10H2,(H,22,27)(H,23,26). The molecule has 0 aliphatic carbocycles. The van der Waals surface area contributed by atoms with Crippen LogP contribution in [0.15, 0.2) is 54.6 Å². The SMILES string of the molecule is O=C1CC(C(=O)Nc2cccc(Cl)c2Cl)n2nc(-c3ccccc3)cc2N1. The van der Waals surface area contributed by atoms with Crippen LogP contribution in [0.2, 0.25) is 10.0 Å². The van der Waals surface area contributed by atoms with Gasteiger partial charge in [0.1, 0.15) is 11.9 Å². The summed E-state index contributed by atoms with van der Waals surface area (Å²) < 4.78 is 1.53. The fourth-order valence-electron chi connectivity index (χ4n) is 2.95. The predicted octanol–water partition coefficient (Wildman–Crippen LogP) is 4.38. The second-order valence-electron chi connectivity index (χ2n) is 6.08. The van der Waals surface area contributed by atoms with Crippen molar-refractivity contribution in [1.29, 1.82) is 0 Å². The summed E-state index contributed by atoms with van der Waals surface area (Å²) in [5, 5.41) is 10.6. The summed E-state index contributed by atoms with van der Waals surface area (Å²) >= 11 is 12.1. The third-order valence-corrected chi connectivity index (χ3v) is 5.08. The number of carbonyl (C=O) groups is 2. The number of aromatic nitrogens is 2. The maximum absolute atomic E-state index is 12.8. The molecule has 1 aromatic heterocycles. The first-order chi connectivity index (χ1) is 13.0. The summed E-state index contributed by atoms with van der Waals surface area (Å²) in [6.45, 7) is 0. The number of anilines is 2. The number of hydrogen-bond acceptors (Lipinski definition) is 3. The average molecular weight is 401 g/mol. The third kappa shape index (κ3) is 3.41.